The van der Waals surface area contributed by atoms with E-state index in [2.05, 4.69) is 47.9 Å². The van der Waals surface area contributed by atoms with E-state index in [9.17, 15) is 0 Å². The van der Waals surface area contributed by atoms with Crippen LogP contribution in [0.5, 0.6) is 0 Å². The van der Waals surface area contributed by atoms with Crippen molar-refractivity contribution in [2.24, 2.45) is 5.92 Å². The van der Waals surface area contributed by atoms with E-state index in [0.29, 0.717) is 0 Å². The Labute approximate surface area is 123 Å². The van der Waals surface area contributed by atoms with Crippen LogP contribution >= 0.6 is 0 Å². The first-order valence-corrected chi connectivity index (χ1v) is 7.74. The van der Waals surface area contributed by atoms with Crippen molar-refractivity contribution < 1.29 is 4.74 Å². The zero-order chi connectivity index (χ0) is 14.4. The molecule has 0 spiro atoms. The van der Waals surface area contributed by atoms with E-state index in [0.717, 1.165) is 45.2 Å². The van der Waals surface area contributed by atoms with Gasteiger partial charge in [0.15, 0.2) is 0 Å². The lowest BCUT2D eigenvalue weighted by Gasteiger charge is -2.36. The van der Waals surface area contributed by atoms with Crippen LogP contribution in [0.1, 0.15) is 19.4 Å². The Hall–Kier alpha value is -1.06. The van der Waals surface area contributed by atoms with Gasteiger partial charge in [0.25, 0.3) is 0 Å². The van der Waals surface area contributed by atoms with Gasteiger partial charge in [-0.2, -0.15) is 0 Å². The predicted molar refractivity (Wildman–Crippen MR) is 85.5 cm³/mol. The van der Waals surface area contributed by atoms with Crippen molar-refractivity contribution in [1.29, 1.82) is 0 Å². The molecule has 0 radical (unpaired) electrons. The molecule has 0 unspecified atom stereocenters. The SMILES string of the molecule is COCCN1CCN(c2cccc(CC(C)C)c2)CC1. The summed E-state index contributed by atoms with van der Waals surface area (Å²) in [5, 5.41) is 0. The van der Waals surface area contributed by atoms with Crippen LogP contribution in [-0.4, -0.2) is 51.3 Å². The lowest BCUT2D eigenvalue weighted by molar-refractivity contribution is 0.144. The van der Waals surface area contributed by atoms with Crippen LogP contribution in [0.15, 0.2) is 24.3 Å². The maximum Gasteiger partial charge on any atom is 0.0589 e. The van der Waals surface area contributed by atoms with Gasteiger partial charge in [0.2, 0.25) is 0 Å². The van der Waals surface area contributed by atoms with Gasteiger partial charge in [-0.25, -0.2) is 0 Å². The molecule has 20 heavy (non-hydrogen) atoms. The molecule has 0 aromatic heterocycles. The summed E-state index contributed by atoms with van der Waals surface area (Å²) < 4.78 is 5.15. The Bertz CT molecular complexity index is 398. The van der Waals surface area contributed by atoms with Crippen molar-refractivity contribution in [2.45, 2.75) is 20.3 Å². The van der Waals surface area contributed by atoms with Crippen LogP contribution < -0.4 is 4.90 Å². The van der Waals surface area contributed by atoms with Crippen molar-refractivity contribution in [2.75, 3.05) is 51.3 Å². The summed E-state index contributed by atoms with van der Waals surface area (Å²) in [6.07, 6.45) is 1.17. The summed E-state index contributed by atoms with van der Waals surface area (Å²) in [5.74, 6) is 0.719. The first kappa shape index (κ1) is 15.3. The number of hydrogen-bond acceptors (Lipinski definition) is 3. The number of nitrogens with zero attached hydrogens (tertiary/aromatic N) is 2. The third-order valence-electron chi connectivity index (χ3n) is 3.90. The van der Waals surface area contributed by atoms with Crippen molar-refractivity contribution in [3.8, 4) is 0 Å². The van der Waals surface area contributed by atoms with E-state index in [1.54, 1.807) is 7.11 Å². The number of piperazine rings is 1. The molecule has 1 aromatic carbocycles. The highest BCUT2D eigenvalue weighted by molar-refractivity contribution is 5.49. The van der Waals surface area contributed by atoms with Gasteiger partial charge in [0, 0.05) is 45.5 Å². The highest BCUT2D eigenvalue weighted by atomic mass is 16.5. The Balaban J connectivity index is 1.89. The van der Waals surface area contributed by atoms with Crippen LogP contribution in [0.2, 0.25) is 0 Å². The molecule has 0 N–H and O–H groups in total. The largest absolute Gasteiger partial charge is 0.383 e. The van der Waals surface area contributed by atoms with Crippen LogP contribution in [0, 0.1) is 5.92 Å². The molecule has 0 aliphatic carbocycles. The van der Waals surface area contributed by atoms with E-state index in [1.807, 2.05) is 0 Å². The molecule has 0 saturated carbocycles. The maximum absolute atomic E-state index is 5.15. The number of anilines is 1. The van der Waals surface area contributed by atoms with E-state index in [-0.39, 0.29) is 0 Å². The summed E-state index contributed by atoms with van der Waals surface area (Å²) in [4.78, 5) is 4.99. The molecular weight excluding hydrogens is 248 g/mol. The second-order valence-electron chi connectivity index (χ2n) is 6.09. The lowest BCUT2D eigenvalue weighted by atomic mass is 10.0. The van der Waals surface area contributed by atoms with Gasteiger partial charge in [-0.1, -0.05) is 26.0 Å². The molecule has 1 aliphatic heterocycles. The number of benzene rings is 1. The van der Waals surface area contributed by atoms with Gasteiger partial charge in [-0.05, 0) is 30.0 Å². The monoisotopic (exact) mass is 276 g/mol. The Kier molecular flexibility index (Phi) is 5.86. The van der Waals surface area contributed by atoms with Crippen LogP contribution in [0.4, 0.5) is 5.69 Å². The molecule has 1 saturated heterocycles. The van der Waals surface area contributed by atoms with E-state index in [1.165, 1.54) is 17.7 Å². The summed E-state index contributed by atoms with van der Waals surface area (Å²) in [5.41, 5.74) is 2.84. The minimum atomic E-state index is 0.719. The molecule has 3 nitrogen and oxygen atoms in total. The average molecular weight is 276 g/mol. The van der Waals surface area contributed by atoms with Crippen molar-refractivity contribution in [1.82, 2.24) is 4.90 Å². The molecule has 0 amide bonds. The Morgan fingerprint density at radius 2 is 1.90 bits per heavy atom. The summed E-state index contributed by atoms with van der Waals surface area (Å²) in [7, 11) is 1.77. The highest BCUT2D eigenvalue weighted by Crippen LogP contribution is 2.19. The predicted octanol–water partition coefficient (Wildman–Crippen LogP) is 2.65. The van der Waals surface area contributed by atoms with Crippen LogP contribution in [0.3, 0.4) is 0 Å². The van der Waals surface area contributed by atoms with Crippen LogP contribution in [-0.2, 0) is 11.2 Å². The quantitative estimate of drug-likeness (QED) is 0.794. The number of hydrogen-bond donors (Lipinski definition) is 0. The van der Waals surface area contributed by atoms with Crippen molar-refractivity contribution in [3.05, 3.63) is 29.8 Å². The van der Waals surface area contributed by atoms with Gasteiger partial charge in [0.1, 0.15) is 0 Å². The summed E-state index contributed by atoms with van der Waals surface area (Å²) in [6, 6.07) is 9.06. The second kappa shape index (κ2) is 7.65. The molecule has 0 atom stereocenters. The maximum atomic E-state index is 5.15. The topological polar surface area (TPSA) is 15.7 Å². The molecular formula is C17H28N2O. The van der Waals surface area contributed by atoms with E-state index in [4.69, 9.17) is 4.74 Å². The second-order valence-corrected chi connectivity index (χ2v) is 6.09. The highest BCUT2D eigenvalue weighted by Gasteiger charge is 2.16. The summed E-state index contributed by atoms with van der Waals surface area (Å²) in [6.45, 7) is 11.0. The van der Waals surface area contributed by atoms with Gasteiger partial charge >= 0.3 is 0 Å². The Morgan fingerprint density at radius 3 is 2.55 bits per heavy atom. The molecule has 3 heteroatoms. The number of methoxy groups -OCH3 is 1. The van der Waals surface area contributed by atoms with E-state index < -0.39 is 0 Å². The van der Waals surface area contributed by atoms with Crippen molar-refractivity contribution in [3.63, 3.8) is 0 Å². The van der Waals surface area contributed by atoms with Gasteiger partial charge in [0.05, 0.1) is 6.61 Å². The molecule has 112 valence electrons. The fourth-order valence-corrected chi connectivity index (χ4v) is 2.80. The molecule has 0 bridgehead atoms. The molecule has 1 aliphatic rings. The normalized spacial score (nSPS) is 16.9. The van der Waals surface area contributed by atoms with Crippen LogP contribution in [0.25, 0.3) is 0 Å². The number of rotatable bonds is 6. The van der Waals surface area contributed by atoms with Gasteiger partial charge < -0.3 is 9.64 Å². The zero-order valence-electron chi connectivity index (χ0n) is 13.1. The standard InChI is InChI=1S/C17H28N2O/c1-15(2)13-16-5-4-6-17(14-16)19-9-7-18(8-10-19)11-12-20-3/h4-6,14-15H,7-13H2,1-3H3. The Morgan fingerprint density at radius 1 is 1.15 bits per heavy atom. The molecule has 1 fully saturated rings. The first-order chi connectivity index (χ1) is 9.69. The van der Waals surface area contributed by atoms with Gasteiger partial charge in [-0.3, -0.25) is 4.90 Å². The van der Waals surface area contributed by atoms with Crippen molar-refractivity contribution >= 4 is 5.69 Å². The fourth-order valence-electron chi connectivity index (χ4n) is 2.80. The average Bonchev–Trinajstić information content (AvgIpc) is 2.45. The van der Waals surface area contributed by atoms with E-state index >= 15 is 0 Å². The summed E-state index contributed by atoms with van der Waals surface area (Å²) >= 11 is 0. The third-order valence-corrected chi connectivity index (χ3v) is 3.90. The molecule has 1 aromatic rings. The zero-order valence-corrected chi connectivity index (χ0v) is 13.1. The molecule has 1 heterocycles. The smallest absolute Gasteiger partial charge is 0.0589 e. The minimum absolute atomic E-state index is 0.719. The fraction of sp³-hybridized carbons (Fsp3) is 0.647. The number of ether oxygens (including phenoxy) is 1. The first-order valence-electron chi connectivity index (χ1n) is 7.74. The third kappa shape index (κ3) is 4.50. The lowest BCUT2D eigenvalue weighted by Crippen LogP contribution is -2.47. The van der Waals surface area contributed by atoms with Gasteiger partial charge in [-0.15, -0.1) is 0 Å². The minimum Gasteiger partial charge on any atom is -0.383 e. The molecule has 2 rings (SSSR count).